The Morgan fingerprint density at radius 2 is 2.21 bits per heavy atom. The molecule has 0 aliphatic heterocycles. The molecule has 3 aromatic rings. The molecule has 0 radical (unpaired) electrons. The Bertz CT molecular complexity index is 1050. The van der Waals surface area contributed by atoms with E-state index < -0.39 is 0 Å². The number of carbonyl (C=O) groups excluding carboxylic acids is 1. The predicted molar refractivity (Wildman–Crippen MR) is 114 cm³/mol. The highest BCUT2D eigenvalue weighted by atomic mass is 16.5. The second-order valence-corrected chi connectivity index (χ2v) is 6.97. The minimum Gasteiger partial charge on any atom is -0.477 e. The van der Waals surface area contributed by atoms with Crippen LogP contribution in [0.25, 0.3) is 22.3 Å². The Hall–Kier alpha value is -3.42. The van der Waals surface area contributed by atoms with Crippen LogP contribution in [-0.2, 0) is 4.79 Å². The van der Waals surface area contributed by atoms with E-state index in [1.165, 1.54) is 6.08 Å². The van der Waals surface area contributed by atoms with Crippen molar-refractivity contribution in [2.24, 2.45) is 5.73 Å². The van der Waals surface area contributed by atoms with Crippen molar-refractivity contribution in [2.45, 2.75) is 33.7 Å². The summed E-state index contributed by atoms with van der Waals surface area (Å²) < 4.78 is 7.55. The largest absolute Gasteiger partial charge is 0.477 e. The summed E-state index contributed by atoms with van der Waals surface area (Å²) >= 11 is 0. The van der Waals surface area contributed by atoms with Crippen molar-refractivity contribution in [1.82, 2.24) is 19.7 Å². The summed E-state index contributed by atoms with van der Waals surface area (Å²) in [5.41, 5.74) is 9.88. The van der Waals surface area contributed by atoms with Crippen molar-refractivity contribution in [3.05, 3.63) is 42.4 Å². The number of anilines is 1. The van der Waals surface area contributed by atoms with Crippen molar-refractivity contribution in [1.29, 1.82) is 0 Å². The molecule has 152 valence electrons. The highest BCUT2D eigenvalue weighted by Gasteiger charge is 2.17. The van der Waals surface area contributed by atoms with E-state index in [-0.39, 0.29) is 18.4 Å². The van der Waals surface area contributed by atoms with E-state index in [2.05, 4.69) is 15.4 Å². The van der Waals surface area contributed by atoms with E-state index in [9.17, 15) is 4.79 Å². The maximum absolute atomic E-state index is 12.1. The van der Waals surface area contributed by atoms with E-state index in [1.54, 1.807) is 19.3 Å². The molecule has 3 N–H and O–H groups in total. The molecule has 0 fully saturated rings. The van der Waals surface area contributed by atoms with Crippen LogP contribution >= 0.6 is 0 Å². The molecule has 3 rings (SSSR count). The van der Waals surface area contributed by atoms with Crippen LogP contribution in [0, 0.1) is 0 Å². The van der Waals surface area contributed by atoms with Crippen LogP contribution in [0.1, 0.15) is 33.7 Å². The summed E-state index contributed by atoms with van der Waals surface area (Å²) in [6, 6.07) is 5.79. The number of fused-ring (bicyclic) bond motifs is 1. The van der Waals surface area contributed by atoms with Crippen molar-refractivity contribution in [3.8, 4) is 17.1 Å². The van der Waals surface area contributed by atoms with Gasteiger partial charge in [0.25, 0.3) is 0 Å². The summed E-state index contributed by atoms with van der Waals surface area (Å²) in [6.45, 7) is 8.30. The maximum atomic E-state index is 12.1. The Morgan fingerprint density at radius 1 is 1.41 bits per heavy atom. The first-order valence-corrected chi connectivity index (χ1v) is 9.57. The first-order valence-electron chi connectivity index (χ1n) is 9.57. The third kappa shape index (κ3) is 4.53. The van der Waals surface area contributed by atoms with E-state index in [4.69, 9.17) is 15.5 Å². The molecule has 8 heteroatoms. The fourth-order valence-electron chi connectivity index (χ4n) is 3.05. The molecule has 0 atom stereocenters. The molecule has 0 aliphatic carbocycles. The standard InChI is InChI=1S/C21H26N6O2/c1-5-29-21-16(7-6-8-23-21)17-10-18(24-11-15(28)9-14(4)22)20-19(26-17)12-25-27(20)13(2)3/h6-10,12-13H,5,11,22H2,1-4H3,(H,24,26)/b14-9-. The Balaban J connectivity index is 2.10. The molecule has 0 bridgehead atoms. The Labute approximate surface area is 169 Å². The summed E-state index contributed by atoms with van der Waals surface area (Å²) in [6.07, 6.45) is 4.83. The monoisotopic (exact) mass is 394 g/mol. The van der Waals surface area contributed by atoms with Crippen LogP contribution in [-0.4, -0.2) is 38.7 Å². The topological polar surface area (TPSA) is 108 Å². The molecular weight excluding hydrogens is 368 g/mol. The molecule has 29 heavy (non-hydrogen) atoms. The smallest absolute Gasteiger partial charge is 0.222 e. The number of hydrogen-bond acceptors (Lipinski definition) is 7. The number of nitrogens with zero attached hydrogens (tertiary/aromatic N) is 4. The summed E-state index contributed by atoms with van der Waals surface area (Å²) in [5, 5.41) is 7.70. The third-order valence-corrected chi connectivity index (χ3v) is 4.21. The average molecular weight is 394 g/mol. The lowest BCUT2D eigenvalue weighted by Crippen LogP contribution is -2.14. The van der Waals surface area contributed by atoms with Crippen molar-refractivity contribution >= 4 is 22.5 Å². The first kappa shape index (κ1) is 20.3. The van der Waals surface area contributed by atoms with Gasteiger partial charge in [-0.15, -0.1) is 0 Å². The summed E-state index contributed by atoms with van der Waals surface area (Å²) in [7, 11) is 0. The van der Waals surface area contributed by atoms with Gasteiger partial charge in [0.2, 0.25) is 5.88 Å². The molecule has 0 unspecified atom stereocenters. The lowest BCUT2D eigenvalue weighted by Gasteiger charge is -2.14. The van der Waals surface area contributed by atoms with E-state index >= 15 is 0 Å². The lowest BCUT2D eigenvalue weighted by atomic mass is 10.1. The normalized spacial score (nSPS) is 11.8. The third-order valence-electron chi connectivity index (χ3n) is 4.21. The zero-order valence-electron chi connectivity index (χ0n) is 17.1. The van der Waals surface area contributed by atoms with Gasteiger partial charge in [-0.05, 0) is 45.9 Å². The minimum absolute atomic E-state index is 0.108. The van der Waals surface area contributed by atoms with Gasteiger partial charge in [-0.2, -0.15) is 5.10 Å². The predicted octanol–water partition coefficient (Wildman–Crippen LogP) is 3.32. The van der Waals surface area contributed by atoms with Crippen LogP contribution < -0.4 is 15.8 Å². The number of nitrogens with one attached hydrogen (secondary N) is 1. The number of carbonyl (C=O) groups is 1. The van der Waals surface area contributed by atoms with Gasteiger partial charge >= 0.3 is 0 Å². The Kier molecular flexibility index (Phi) is 6.11. The second-order valence-electron chi connectivity index (χ2n) is 6.97. The fraction of sp³-hybridized carbons (Fsp3) is 0.333. The number of aromatic nitrogens is 4. The molecule has 0 aromatic carbocycles. The van der Waals surface area contributed by atoms with E-state index in [1.807, 2.05) is 43.7 Å². The van der Waals surface area contributed by atoms with Gasteiger partial charge in [0.1, 0.15) is 11.0 Å². The second kappa shape index (κ2) is 8.72. The number of ether oxygens (including phenoxy) is 1. The number of pyridine rings is 2. The first-order chi connectivity index (χ1) is 13.9. The molecule has 0 aliphatic rings. The zero-order valence-corrected chi connectivity index (χ0v) is 17.1. The van der Waals surface area contributed by atoms with E-state index in [0.29, 0.717) is 23.9 Å². The van der Waals surface area contributed by atoms with Gasteiger partial charge in [-0.1, -0.05) is 0 Å². The summed E-state index contributed by atoms with van der Waals surface area (Å²) in [4.78, 5) is 21.2. The van der Waals surface area contributed by atoms with Gasteiger partial charge < -0.3 is 15.8 Å². The van der Waals surface area contributed by atoms with Gasteiger partial charge in [-0.25, -0.2) is 9.97 Å². The summed E-state index contributed by atoms with van der Waals surface area (Å²) in [5.74, 6) is 0.408. The van der Waals surface area contributed by atoms with Crippen LogP contribution in [0.2, 0.25) is 0 Å². The van der Waals surface area contributed by atoms with Gasteiger partial charge in [0, 0.05) is 24.0 Å². The van der Waals surface area contributed by atoms with Gasteiger partial charge in [0.15, 0.2) is 5.78 Å². The van der Waals surface area contributed by atoms with Crippen LogP contribution in [0.3, 0.4) is 0 Å². The minimum atomic E-state index is -0.108. The maximum Gasteiger partial charge on any atom is 0.222 e. The molecule has 0 saturated carbocycles. The molecule has 3 aromatic heterocycles. The molecule has 0 amide bonds. The van der Waals surface area contributed by atoms with Crippen LogP contribution in [0.4, 0.5) is 5.69 Å². The highest BCUT2D eigenvalue weighted by Crippen LogP contribution is 2.33. The fourth-order valence-corrected chi connectivity index (χ4v) is 3.05. The van der Waals surface area contributed by atoms with Crippen LogP contribution in [0.5, 0.6) is 5.88 Å². The quantitative estimate of drug-likeness (QED) is 0.564. The molecule has 3 heterocycles. The van der Waals surface area contributed by atoms with E-state index in [0.717, 1.165) is 22.3 Å². The van der Waals surface area contributed by atoms with Gasteiger partial charge in [-0.3, -0.25) is 9.48 Å². The number of hydrogen-bond donors (Lipinski definition) is 2. The van der Waals surface area contributed by atoms with Crippen molar-refractivity contribution in [2.75, 3.05) is 18.5 Å². The van der Waals surface area contributed by atoms with Gasteiger partial charge in [0.05, 0.1) is 36.3 Å². The number of allylic oxidation sites excluding steroid dienone is 1. The molecule has 0 spiro atoms. The van der Waals surface area contributed by atoms with Crippen molar-refractivity contribution in [3.63, 3.8) is 0 Å². The average Bonchev–Trinajstić information content (AvgIpc) is 3.10. The molecular formula is C21H26N6O2. The SMILES string of the molecule is CCOc1ncccc1-c1cc(NCC(=O)/C=C(/C)N)c2c(cnn2C(C)C)n1. The highest BCUT2D eigenvalue weighted by molar-refractivity contribution is 5.97. The lowest BCUT2D eigenvalue weighted by molar-refractivity contribution is -0.113. The zero-order chi connectivity index (χ0) is 21.0. The van der Waals surface area contributed by atoms with Crippen molar-refractivity contribution < 1.29 is 9.53 Å². The number of nitrogens with two attached hydrogens (primary N) is 1. The number of ketones is 1. The Morgan fingerprint density at radius 3 is 2.90 bits per heavy atom. The number of rotatable bonds is 8. The van der Waals surface area contributed by atoms with Crippen LogP contribution in [0.15, 0.2) is 42.4 Å². The molecule has 8 nitrogen and oxygen atoms in total. The molecule has 0 saturated heterocycles.